The number of hydrogen-bond acceptors (Lipinski definition) is 3. The molecule has 1 N–H and O–H groups in total. The maximum Gasteiger partial charge on any atom is 0.159 e. The molecule has 0 spiro atoms. The van der Waals surface area contributed by atoms with Gasteiger partial charge in [-0.1, -0.05) is 0 Å². The molecule has 0 unspecified atom stereocenters. The Morgan fingerprint density at radius 2 is 1.94 bits per heavy atom. The Morgan fingerprint density at radius 3 is 2.41 bits per heavy atom. The van der Waals surface area contributed by atoms with Crippen LogP contribution in [-0.4, -0.2) is 15.6 Å². The van der Waals surface area contributed by atoms with Crippen LogP contribution in [0.2, 0.25) is 0 Å². The van der Waals surface area contributed by atoms with Gasteiger partial charge in [0.2, 0.25) is 0 Å². The smallest absolute Gasteiger partial charge is 0.159 e. The minimum Gasteiger partial charge on any atom is -0.353 e. The van der Waals surface area contributed by atoms with Crippen LogP contribution in [0.15, 0.2) is 30.5 Å². The third kappa shape index (κ3) is 2.36. The second-order valence-corrected chi connectivity index (χ2v) is 4.03. The molecule has 0 aliphatic carbocycles. The molecular weight excluding hydrogens is 214 g/mol. The van der Waals surface area contributed by atoms with E-state index in [1.807, 2.05) is 42.9 Å². The van der Waals surface area contributed by atoms with Gasteiger partial charge < -0.3 is 5.32 Å². The molecule has 1 heterocycles. The van der Waals surface area contributed by atoms with Gasteiger partial charge in [0.15, 0.2) is 5.78 Å². The lowest BCUT2D eigenvalue weighted by Crippen LogP contribution is -1.96. The lowest BCUT2D eigenvalue weighted by atomic mass is 10.1. The predicted octanol–water partition coefficient (Wildman–Crippen LogP) is 2.67. The van der Waals surface area contributed by atoms with Crippen molar-refractivity contribution in [2.75, 3.05) is 5.32 Å². The molecule has 0 amide bonds. The van der Waals surface area contributed by atoms with E-state index in [4.69, 9.17) is 0 Å². The summed E-state index contributed by atoms with van der Waals surface area (Å²) in [4.78, 5) is 11.1. The number of rotatable bonds is 3. The highest BCUT2D eigenvalue weighted by atomic mass is 16.1. The third-order valence-corrected chi connectivity index (χ3v) is 2.81. The minimum atomic E-state index is 0.0779. The summed E-state index contributed by atoms with van der Waals surface area (Å²) >= 11 is 0. The van der Waals surface area contributed by atoms with Gasteiger partial charge in [0.05, 0.1) is 17.6 Å². The summed E-state index contributed by atoms with van der Waals surface area (Å²) in [6.45, 7) is 3.56. The van der Waals surface area contributed by atoms with Crippen LogP contribution >= 0.6 is 0 Å². The van der Waals surface area contributed by atoms with Gasteiger partial charge in [-0.3, -0.25) is 9.48 Å². The van der Waals surface area contributed by atoms with Crippen molar-refractivity contribution < 1.29 is 4.79 Å². The molecule has 1 aromatic heterocycles. The summed E-state index contributed by atoms with van der Waals surface area (Å²) in [6.07, 6.45) is 1.79. The first-order valence-corrected chi connectivity index (χ1v) is 5.44. The summed E-state index contributed by atoms with van der Waals surface area (Å²) in [7, 11) is 1.90. The van der Waals surface area contributed by atoms with E-state index in [0.717, 1.165) is 22.6 Å². The fourth-order valence-corrected chi connectivity index (χ4v) is 1.57. The Labute approximate surface area is 100 Å². The quantitative estimate of drug-likeness (QED) is 0.823. The number of hydrogen-bond donors (Lipinski definition) is 1. The van der Waals surface area contributed by atoms with Crippen LogP contribution in [0.4, 0.5) is 11.4 Å². The molecule has 0 bridgehead atoms. The maximum absolute atomic E-state index is 11.1. The molecule has 0 radical (unpaired) electrons. The summed E-state index contributed by atoms with van der Waals surface area (Å²) < 4.78 is 1.81. The summed E-state index contributed by atoms with van der Waals surface area (Å²) in [5.41, 5.74) is 3.72. The zero-order chi connectivity index (χ0) is 12.4. The normalized spacial score (nSPS) is 10.3. The van der Waals surface area contributed by atoms with Crippen LogP contribution in [0.25, 0.3) is 0 Å². The van der Waals surface area contributed by atoms with Gasteiger partial charge in [-0.2, -0.15) is 5.10 Å². The lowest BCUT2D eigenvalue weighted by molar-refractivity contribution is 0.101. The van der Waals surface area contributed by atoms with Gasteiger partial charge in [0.1, 0.15) is 0 Å². The maximum atomic E-state index is 11.1. The molecule has 0 aliphatic heterocycles. The molecule has 17 heavy (non-hydrogen) atoms. The van der Waals surface area contributed by atoms with Crippen LogP contribution in [0, 0.1) is 6.92 Å². The van der Waals surface area contributed by atoms with Gasteiger partial charge in [0, 0.05) is 18.3 Å². The molecule has 0 saturated carbocycles. The Balaban J connectivity index is 2.19. The molecule has 88 valence electrons. The first-order valence-electron chi connectivity index (χ1n) is 5.44. The highest BCUT2D eigenvalue weighted by Crippen LogP contribution is 2.19. The Bertz CT molecular complexity index is 540. The number of aryl methyl sites for hydroxylation is 1. The van der Waals surface area contributed by atoms with Crippen molar-refractivity contribution in [3.8, 4) is 0 Å². The van der Waals surface area contributed by atoms with Crippen molar-refractivity contribution in [3.63, 3.8) is 0 Å². The molecule has 2 aromatic rings. The van der Waals surface area contributed by atoms with E-state index < -0.39 is 0 Å². The Hall–Kier alpha value is -2.10. The van der Waals surface area contributed by atoms with Crippen molar-refractivity contribution in [2.24, 2.45) is 7.05 Å². The van der Waals surface area contributed by atoms with Crippen LogP contribution in [0.1, 0.15) is 23.0 Å². The Kier molecular flexibility index (Phi) is 2.95. The SMILES string of the molecule is CC(=O)c1ccc(Nc2cnn(C)c2C)cc1. The highest BCUT2D eigenvalue weighted by molar-refractivity contribution is 5.94. The van der Waals surface area contributed by atoms with Crippen molar-refractivity contribution in [1.29, 1.82) is 0 Å². The number of nitrogens with one attached hydrogen (secondary N) is 1. The standard InChI is InChI=1S/C13H15N3O/c1-9-13(8-14-16(9)3)15-12-6-4-11(5-7-12)10(2)17/h4-8,15H,1-3H3. The van der Waals surface area contributed by atoms with Crippen LogP contribution in [-0.2, 0) is 7.05 Å². The van der Waals surface area contributed by atoms with Gasteiger partial charge in [-0.25, -0.2) is 0 Å². The van der Waals surface area contributed by atoms with Crippen LogP contribution in [0.3, 0.4) is 0 Å². The fraction of sp³-hybridized carbons (Fsp3) is 0.231. The van der Waals surface area contributed by atoms with E-state index in [-0.39, 0.29) is 5.78 Å². The van der Waals surface area contributed by atoms with Crippen LogP contribution < -0.4 is 5.32 Å². The van der Waals surface area contributed by atoms with E-state index in [1.54, 1.807) is 13.1 Å². The number of anilines is 2. The van der Waals surface area contributed by atoms with Crippen molar-refractivity contribution >= 4 is 17.2 Å². The molecule has 4 nitrogen and oxygen atoms in total. The minimum absolute atomic E-state index is 0.0779. The second-order valence-electron chi connectivity index (χ2n) is 4.03. The molecule has 1 aromatic carbocycles. The molecule has 2 rings (SSSR count). The number of carbonyl (C=O) groups excluding carboxylic acids is 1. The summed E-state index contributed by atoms with van der Waals surface area (Å²) in [5.74, 6) is 0.0779. The lowest BCUT2D eigenvalue weighted by Gasteiger charge is -2.06. The first kappa shape index (κ1) is 11.4. The molecular formula is C13H15N3O. The van der Waals surface area contributed by atoms with Gasteiger partial charge in [-0.05, 0) is 38.1 Å². The number of Topliss-reactive ketones (excluding diaryl/α,β-unsaturated/α-hetero) is 1. The van der Waals surface area contributed by atoms with E-state index in [9.17, 15) is 4.79 Å². The number of nitrogens with zero attached hydrogens (tertiary/aromatic N) is 2. The largest absolute Gasteiger partial charge is 0.353 e. The first-order chi connectivity index (χ1) is 8.08. The summed E-state index contributed by atoms with van der Waals surface area (Å²) in [6, 6.07) is 7.42. The van der Waals surface area contributed by atoms with Gasteiger partial charge >= 0.3 is 0 Å². The van der Waals surface area contributed by atoms with E-state index in [0.29, 0.717) is 0 Å². The molecule has 0 aliphatic rings. The topological polar surface area (TPSA) is 46.9 Å². The number of benzene rings is 1. The number of carbonyl (C=O) groups is 1. The van der Waals surface area contributed by atoms with Crippen molar-refractivity contribution in [2.45, 2.75) is 13.8 Å². The zero-order valence-corrected chi connectivity index (χ0v) is 10.2. The average molecular weight is 229 g/mol. The zero-order valence-electron chi connectivity index (χ0n) is 10.2. The van der Waals surface area contributed by atoms with Gasteiger partial charge in [0.25, 0.3) is 0 Å². The van der Waals surface area contributed by atoms with E-state index in [1.165, 1.54) is 0 Å². The van der Waals surface area contributed by atoms with Crippen LogP contribution in [0.5, 0.6) is 0 Å². The van der Waals surface area contributed by atoms with Crippen molar-refractivity contribution in [3.05, 3.63) is 41.7 Å². The molecule has 0 atom stereocenters. The molecule has 0 saturated heterocycles. The molecule has 4 heteroatoms. The van der Waals surface area contributed by atoms with E-state index in [2.05, 4.69) is 10.4 Å². The predicted molar refractivity (Wildman–Crippen MR) is 67.7 cm³/mol. The summed E-state index contributed by atoms with van der Waals surface area (Å²) in [5, 5.41) is 7.42. The fourth-order valence-electron chi connectivity index (χ4n) is 1.57. The highest BCUT2D eigenvalue weighted by Gasteiger charge is 2.04. The van der Waals surface area contributed by atoms with E-state index >= 15 is 0 Å². The Morgan fingerprint density at radius 1 is 1.29 bits per heavy atom. The average Bonchev–Trinajstić information content (AvgIpc) is 2.62. The van der Waals surface area contributed by atoms with Crippen molar-refractivity contribution in [1.82, 2.24) is 9.78 Å². The second kappa shape index (κ2) is 4.41. The number of ketones is 1. The third-order valence-electron chi connectivity index (χ3n) is 2.81. The number of aromatic nitrogens is 2. The molecule has 0 fully saturated rings. The monoisotopic (exact) mass is 229 g/mol. The van der Waals surface area contributed by atoms with Gasteiger partial charge in [-0.15, -0.1) is 0 Å².